The number of ether oxygens (including phenoxy) is 1. The van der Waals surface area contributed by atoms with Gasteiger partial charge in [0.05, 0.1) is 24.3 Å². The third-order valence-electron chi connectivity index (χ3n) is 7.39. The minimum absolute atomic E-state index is 0.147. The Balaban J connectivity index is 1.29. The molecule has 0 unspecified atom stereocenters. The Bertz CT molecular complexity index is 1130. The van der Waals surface area contributed by atoms with Gasteiger partial charge >= 0.3 is 6.18 Å². The first-order chi connectivity index (χ1) is 18.6. The van der Waals surface area contributed by atoms with Crippen LogP contribution in [0.5, 0.6) is 0 Å². The number of amides is 2. The van der Waals surface area contributed by atoms with Gasteiger partial charge in [-0.3, -0.25) is 14.5 Å². The summed E-state index contributed by atoms with van der Waals surface area (Å²) in [5, 5.41) is 5.41. The van der Waals surface area contributed by atoms with Gasteiger partial charge in [0.25, 0.3) is 5.91 Å². The zero-order chi connectivity index (χ0) is 28.0. The third kappa shape index (κ3) is 7.73. The largest absolute Gasteiger partial charge is 0.416 e. The van der Waals surface area contributed by atoms with Gasteiger partial charge in [-0.05, 0) is 62.1 Å². The molecule has 2 fully saturated rings. The van der Waals surface area contributed by atoms with Crippen LogP contribution in [0.15, 0.2) is 48.5 Å². The van der Waals surface area contributed by atoms with Crippen LogP contribution >= 0.6 is 0 Å². The maximum Gasteiger partial charge on any atom is 0.416 e. The van der Waals surface area contributed by atoms with E-state index in [2.05, 4.69) is 51.6 Å². The number of rotatable bonds is 9. The first kappa shape index (κ1) is 28.9. The quantitative estimate of drug-likeness (QED) is 0.498. The molecular formula is C29H37F3N4O3. The fourth-order valence-electron chi connectivity index (χ4n) is 5.35. The summed E-state index contributed by atoms with van der Waals surface area (Å²) < 4.78 is 45.0. The number of carbonyl (C=O) groups excluding carboxylic acids is 2. The van der Waals surface area contributed by atoms with Crippen molar-refractivity contribution in [3.8, 4) is 0 Å². The van der Waals surface area contributed by atoms with Crippen LogP contribution in [0, 0.1) is 6.92 Å². The lowest BCUT2D eigenvalue weighted by molar-refractivity contribution is -0.137. The van der Waals surface area contributed by atoms with Gasteiger partial charge in [-0.2, -0.15) is 13.2 Å². The van der Waals surface area contributed by atoms with E-state index in [4.69, 9.17) is 4.74 Å². The van der Waals surface area contributed by atoms with Gasteiger partial charge < -0.3 is 20.3 Å². The number of piperidine rings is 1. The summed E-state index contributed by atoms with van der Waals surface area (Å²) in [5.74, 6) is -1.13. The highest BCUT2D eigenvalue weighted by atomic mass is 19.4. The molecule has 0 saturated carbocycles. The average Bonchev–Trinajstić information content (AvgIpc) is 3.32. The Morgan fingerprint density at radius 3 is 2.49 bits per heavy atom. The summed E-state index contributed by atoms with van der Waals surface area (Å²) in [6.45, 7) is 7.68. The van der Waals surface area contributed by atoms with Crippen LogP contribution in [0.1, 0.15) is 47.7 Å². The number of benzene rings is 2. The first-order valence-corrected chi connectivity index (χ1v) is 13.6. The van der Waals surface area contributed by atoms with Crippen LogP contribution in [-0.4, -0.2) is 74.2 Å². The van der Waals surface area contributed by atoms with Gasteiger partial charge in [-0.15, -0.1) is 0 Å². The molecule has 4 rings (SSSR count). The smallest absolute Gasteiger partial charge is 0.375 e. The van der Waals surface area contributed by atoms with Crippen molar-refractivity contribution >= 4 is 17.5 Å². The minimum atomic E-state index is -4.55. The zero-order valence-corrected chi connectivity index (χ0v) is 22.5. The Kier molecular flexibility index (Phi) is 9.50. The van der Waals surface area contributed by atoms with E-state index in [1.165, 1.54) is 23.4 Å². The highest BCUT2D eigenvalue weighted by molar-refractivity contribution is 5.96. The minimum Gasteiger partial charge on any atom is -0.375 e. The van der Waals surface area contributed by atoms with Gasteiger partial charge in [0.1, 0.15) is 0 Å². The van der Waals surface area contributed by atoms with Crippen LogP contribution in [0.3, 0.4) is 0 Å². The fourth-order valence-corrected chi connectivity index (χ4v) is 5.35. The molecule has 2 aromatic carbocycles. The van der Waals surface area contributed by atoms with Gasteiger partial charge in [0, 0.05) is 50.1 Å². The molecule has 2 N–H and O–H groups in total. The molecule has 0 bridgehead atoms. The number of hydrogen-bond acceptors (Lipinski definition) is 5. The van der Waals surface area contributed by atoms with Crippen molar-refractivity contribution in [3.63, 3.8) is 0 Å². The second-order valence-electron chi connectivity index (χ2n) is 10.4. The van der Waals surface area contributed by atoms with Crippen molar-refractivity contribution in [2.24, 2.45) is 0 Å². The van der Waals surface area contributed by atoms with Crippen LogP contribution in [0.4, 0.5) is 18.9 Å². The van der Waals surface area contributed by atoms with Crippen LogP contribution in [0.25, 0.3) is 0 Å². The van der Waals surface area contributed by atoms with E-state index >= 15 is 0 Å². The normalized spacial score (nSPS) is 20.7. The van der Waals surface area contributed by atoms with Crippen LogP contribution in [-0.2, 0) is 15.7 Å². The second-order valence-corrected chi connectivity index (χ2v) is 10.4. The molecule has 2 saturated heterocycles. The number of alkyl halides is 3. The number of hydrogen-bond donors (Lipinski definition) is 2. The maximum atomic E-state index is 13.0. The van der Waals surface area contributed by atoms with Crippen molar-refractivity contribution in [1.82, 2.24) is 15.5 Å². The molecule has 2 aliphatic heterocycles. The molecule has 2 atom stereocenters. The number of likely N-dealkylation sites (tertiary alicyclic amines) is 1. The van der Waals surface area contributed by atoms with Gasteiger partial charge in [0.15, 0.2) is 0 Å². The summed E-state index contributed by atoms with van der Waals surface area (Å²) in [4.78, 5) is 29.9. The van der Waals surface area contributed by atoms with Crippen LogP contribution in [0.2, 0.25) is 0 Å². The number of nitrogens with zero attached hydrogens (tertiary/aromatic N) is 2. The summed E-state index contributed by atoms with van der Waals surface area (Å²) in [6, 6.07) is 12.8. The van der Waals surface area contributed by atoms with E-state index < -0.39 is 23.6 Å². The summed E-state index contributed by atoms with van der Waals surface area (Å²) >= 11 is 0. The van der Waals surface area contributed by atoms with Gasteiger partial charge in [-0.1, -0.05) is 25.1 Å². The average molecular weight is 547 g/mol. The van der Waals surface area contributed by atoms with Gasteiger partial charge in [0.2, 0.25) is 5.91 Å². The number of nitrogens with one attached hydrogen (secondary N) is 2. The monoisotopic (exact) mass is 546 g/mol. The molecule has 10 heteroatoms. The van der Waals surface area contributed by atoms with Crippen molar-refractivity contribution in [3.05, 3.63) is 65.2 Å². The molecular weight excluding hydrogens is 509 g/mol. The number of anilines is 1. The molecule has 0 spiro atoms. The SMILES string of the molecule is CCCO[C@@H]1CN(C2CCN(c3cccc(C)c3)CC2)C[C@H]1NC(=O)CNC(=O)c1cccc(C(F)(F)F)c1. The standard InChI is InChI=1S/C29H37F3N4O3/c1-3-14-39-26-19-36(23-10-12-35(13-11-23)24-9-4-6-20(2)15-24)18-25(26)34-27(37)17-33-28(38)21-7-5-8-22(16-21)29(30,31)32/h4-9,15-16,23,25-26H,3,10-14,17-19H2,1-2H3,(H,33,38)(H,34,37)/t25-,26-/m1/s1. The fraction of sp³-hybridized carbons (Fsp3) is 0.517. The predicted molar refractivity (Wildman–Crippen MR) is 144 cm³/mol. The van der Waals surface area contributed by atoms with Gasteiger partial charge in [-0.25, -0.2) is 0 Å². The topological polar surface area (TPSA) is 73.9 Å². The summed E-state index contributed by atoms with van der Waals surface area (Å²) in [6.07, 6.45) is -1.82. The van der Waals surface area contributed by atoms with Crippen LogP contribution < -0.4 is 15.5 Å². The number of aryl methyl sites for hydroxylation is 1. The van der Waals surface area contributed by atoms with E-state index in [1.807, 2.05) is 6.92 Å². The molecule has 0 aliphatic carbocycles. The Morgan fingerprint density at radius 2 is 1.79 bits per heavy atom. The predicted octanol–water partition coefficient (Wildman–Crippen LogP) is 4.01. The summed E-state index contributed by atoms with van der Waals surface area (Å²) in [7, 11) is 0. The van der Waals surface area contributed by atoms with Crippen molar-refractivity contribution in [1.29, 1.82) is 0 Å². The van der Waals surface area contributed by atoms with Crippen molar-refractivity contribution < 1.29 is 27.5 Å². The van der Waals surface area contributed by atoms with E-state index in [1.54, 1.807) is 0 Å². The van der Waals surface area contributed by atoms with Crippen molar-refractivity contribution in [2.45, 2.75) is 57.5 Å². The highest BCUT2D eigenvalue weighted by Gasteiger charge is 2.38. The number of carbonyl (C=O) groups is 2. The Labute approximate surface area is 227 Å². The molecule has 212 valence electrons. The highest BCUT2D eigenvalue weighted by Crippen LogP contribution is 2.30. The third-order valence-corrected chi connectivity index (χ3v) is 7.39. The molecule has 2 heterocycles. The molecule has 0 aromatic heterocycles. The molecule has 2 aliphatic rings. The lowest BCUT2D eigenvalue weighted by Crippen LogP contribution is -2.48. The molecule has 0 radical (unpaired) electrons. The molecule has 39 heavy (non-hydrogen) atoms. The van der Waals surface area contributed by atoms with E-state index in [0.717, 1.165) is 51.0 Å². The Hall–Kier alpha value is -3.11. The van der Waals surface area contributed by atoms with E-state index in [0.29, 0.717) is 19.2 Å². The molecule has 2 aromatic rings. The lowest BCUT2D eigenvalue weighted by Gasteiger charge is -2.38. The second kappa shape index (κ2) is 12.8. The number of halogens is 3. The maximum absolute atomic E-state index is 13.0. The van der Waals surface area contributed by atoms with E-state index in [9.17, 15) is 22.8 Å². The Morgan fingerprint density at radius 1 is 1.05 bits per heavy atom. The van der Waals surface area contributed by atoms with Crippen molar-refractivity contribution in [2.75, 3.05) is 44.2 Å². The molecule has 2 amide bonds. The van der Waals surface area contributed by atoms with E-state index in [-0.39, 0.29) is 24.3 Å². The zero-order valence-electron chi connectivity index (χ0n) is 22.5. The lowest BCUT2D eigenvalue weighted by atomic mass is 10.0. The molecule has 7 nitrogen and oxygen atoms in total. The first-order valence-electron chi connectivity index (χ1n) is 13.6. The summed E-state index contributed by atoms with van der Waals surface area (Å²) in [5.41, 5.74) is 1.43.